The minimum Gasteiger partial charge on any atom is -0.343 e. The van der Waals surface area contributed by atoms with Gasteiger partial charge in [0.05, 0.1) is 0 Å². The van der Waals surface area contributed by atoms with Gasteiger partial charge in [-0.05, 0) is 19.3 Å². The van der Waals surface area contributed by atoms with Gasteiger partial charge in [0.2, 0.25) is 5.91 Å². The van der Waals surface area contributed by atoms with E-state index in [1.54, 1.807) is 6.20 Å². The molecule has 1 amide bonds. The molecule has 0 saturated carbocycles. The van der Waals surface area contributed by atoms with Gasteiger partial charge in [-0.1, -0.05) is 0 Å². The molecule has 2 heterocycles. The van der Waals surface area contributed by atoms with E-state index in [0.29, 0.717) is 18.7 Å². The standard InChI is InChI=1S/C13H20ClN3O/c14-6-10-16-11-7-15-12(16)4-5-13(18)17-8-2-1-3-9-17/h7,11H,1-6,8-10H2. The number of hydrogen-bond acceptors (Lipinski definition) is 2. The fraction of sp³-hybridized carbons (Fsp3) is 0.692. The van der Waals surface area contributed by atoms with Crippen LogP contribution in [0, 0.1) is 0 Å². The lowest BCUT2D eigenvalue weighted by molar-refractivity contribution is -0.132. The van der Waals surface area contributed by atoms with Gasteiger partial charge in [0.1, 0.15) is 5.82 Å². The quantitative estimate of drug-likeness (QED) is 0.768. The molecule has 100 valence electrons. The minimum atomic E-state index is 0.259. The Bertz CT molecular complexity index is 385. The molecule has 1 aliphatic heterocycles. The van der Waals surface area contributed by atoms with Gasteiger partial charge in [0.25, 0.3) is 0 Å². The predicted octanol–water partition coefficient (Wildman–Crippen LogP) is 2.07. The summed E-state index contributed by atoms with van der Waals surface area (Å²) in [5, 5.41) is 0. The Labute approximate surface area is 113 Å². The summed E-state index contributed by atoms with van der Waals surface area (Å²) in [6.45, 7) is 2.61. The lowest BCUT2D eigenvalue weighted by atomic mass is 10.1. The number of likely N-dealkylation sites (tertiary alicyclic amines) is 1. The van der Waals surface area contributed by atoms with Gasteiger partial charge >= 0.3 is 0 Å². The molecule has 5 heteroatoms. The van der Waals surface area contributed by atoms with E-state index in [9.17, 15) is 4.79 Å². The molecule has 0 radical (unpaired) electrons. The number of carbonyl (C=O) groups excluding carboxylic acids is 1. The van der Waals surface area contributed by atoms with Crippen molar-refractivity contribution in [3.63, 3.8) is 0 Å². The first-order chi connectivity index (χ1) is 8.81. The average Bonchev–Trinajstić information content (AvgIpc) is 2.85. The second-order valence-electron chi connectivity index (χ2n) is 4.67. The zero-order chi connectivity index (χ0) is 12.8. The average molecular weight is 270 g/mol. The summed E-state index contributed by atoms with van der Waals surface area (Å²) in [5.41, 5.74) is 0. The van der Waals surface area contributed by atoms with Crippen molar-refractivity contribution in [1.29, 1.82) is 0 Å². The fourth-order valence-electron chi connectivity index (χ4n) is 2.38. The molecule has 0 aromatic carbocycles. The number of amides is 1. The zero-order valence-electron chi connectivity index (χ0n) is 10.6. The molecule has 0 spiro atoms. The Morgan fingerprint density at radius 1 is 1.33 bits per heavy atom. The van der Waals surface area contributed by atoms with Crippen LogP contribution >= 0.6 is 11.6 Å². The van der Waals surface area contributed by atoms with Crippen molar-refractivity contribution >= 4 is 17.5 Å². The van der Waals surface area contributed by atoms with Crippen molar-refractivity contribution < 1.29 is 4.79 Å². The SMILES string of the molecule is O=C(CCc1nccn1CCCl)N1CCCCC1. The predicted molar refractivity (Wildman–Crippen MR) is 71.7 cm³/mol. The van der Waals surface area contributed by atoms with Crippen molar-refractivity contribution in [2.75, 3.05) is 19.0 Å². The monoisotopic (exact) mass is 269 g/mol. The third-order valence-electron chi connectivity index (χ3n) is 3.40. The molecule has 1 aromatic rings. The highest BCUT2D eigenvalue weighted by Crippen LogP contribution is 2.11. The number of aryl methyl sites for hydroxylation is 2. The van der Waals surface area contributed by atoms with E-state index in [1.807, 2.05) is 15.7 Å². The maximum absolute atomic E-state index is 12.0. The number of nitrogens with zero attached hydrogens (tertiary/aromatic N) is 3. The molecule has 1 saturated heterocycles. The van der Waals surface area contributed by atoms with Crippen LogP contribution in [0.3, 0.4) is 0 Å². The summed E-state index contributed by atoms with van der Waals surface area (Å²) < 4.78 is 2.02. The third kappa shape index (κ3) is 3.48. The Balaban J connectivity index is 1.82. The van der Waals surface area contributed by atoms with Gasteiger partial charge in [-0.15, -0.1) is 11.6 Å². The first-order valence-electron chi connectivity index (χ1n) is 6.65. The van der Waals surface area contributed by atoms with Crippen molar-refractivity contribution in [2.45, 2.75) is 38.6 Å². The van der Waals surface area contributed by atoms with Crippen molar-refractivity contribution in [1.82, 2.24) is 14.5 Å². The topological polar surface area (TPSA) is 38.1 Å². The third-order valence-corrected chi connectivity index (χ3v) is 3.57. The molecule has 0 unspecified atom stereocenters. The van der Waals surface area contributed by atoms with Crippen LogP contribution in [-0.2, 0) is 17.8 Å². The van der Waals surface area contributed by atoms with Crippen LogP contribution in [0.15, 0.2) is 12.4 Å². The van der Waals surface area contributed by atoms with Crippen LogP contribution in [0.25, 0.3) is 0 Å². The summed E-state index contributed by atoms with van der Waals surface area (Å²) in [4.78, 5) is 18.3. The molecular formula is C13H20ClN3O. The molecule has 18 heavy (non-hydrogen) atoms. The maximum atomic E-state index is 12.0. The van der Waals surface area contributed by atoms with Gasteiger partial charge < -0.3 is 9.47 Å². The summed E-state index contributed by atoms with van der Waals surface area (Å²) in [7, 11) is 0. The van der Waals surface area contributed by atoms with Crippen molar-refractivity contribution in [3.05, 3.63) is 18.2 Å². The molecule has 0 atom stereocenters. The fourth-order valence-corrected chi connectivity index (χ4v) is 2.57. The lowest BCUT2D eigenvalue weighted by Crippen LogP contribution is -2.35. The van der Waals surface area contributed by atoms with E-state index in [4.69, 9.17) is 11.6 Å². The smallest absolute Gasteiger partial charge is 0.223 e. The molecule has 4 nitrogen and oxygen atoms in total. The first-order valence-corrected chi connectivity index (χ1v) is 7.18. The second kappa shape index (κ2) is 6.78. The van der Waals surface area contributed by atoms with Crippen molar-refractivity contribution in [3.8, 4) is 0 Å². The van der Waals surface area contributed by atoms with Crippen LogP contribution in [0.2, 0.25) is 0 Å². The molecule has 0 aliphatic carbocycles. The van der Waals surface area contributed by atoms with Gasteiger partial charge in [-0.2, -0.15) is 0 Å². The van der Waals surface area contributed by atoms with E-state index >= 15 is 0 Å². The summed E-state index contributed by atoms with van der Waals surface area (Å²) in [6.07, 6.45) is 8.50. The molecule has 2 rings (SSSR count). The van der Waals surface area contributed by atoms with E-state index in [0.717, 1.165) is 38.3 Å². The Hall–Kier alpha value is -1.03. The van der Waals surface area contributed by atoms with Gasteiger partial charge in [0.15, 0.2) is 0 Å². The van der Waals surface area contributed by atoms with Crippen LogP contribution in [0.4, 0.5) is 0 Å². The molecular weight excluding hydrogens is 250 g/mol. The largest absolute Gasteiger partial charge is 0.343 e. The second-order valence-corrected chi connectivity index (χ2v) is 5.05. The number of carbonyl (C=O) groups is 1. The van der Waals surface area contributed by atoms with Gasteiger partial charge in [-0.25, -0.2) is 4.98 Å². The van der Waals surface area contributed by atoms with E-state index in [2.05, 4.69) is 4.98 Å². The van der Waals surface area contributed by atoms with Crippen molar-refractivity contribution in [2.24, 2.45) is 0 Å². The Kier molecular flexibility index (Phi) is 5.05. The number of halogens is 1. The Morgan fingerprint density at radius 3 is 2.83 bits per heavy atom. The molecule has 0 N–H and O–H groups in total. The number of alkyl halides is 1. The number of imidazole rings is 1. The van der Waals surface area contributed by atoms with Gasteiger partial charge in [0, 0.05) is 50.7 Å². The lowest BCUT2D eigenvalue weighted by Gasteiger charge is -2.26. The minimum absolute atomic E-state index is 0.259. The van der Waals surface area contributed by atoms with Gasteiger partial charge in [-0.3, -0.25) is 4.79 Å². The Morgan fingerprint density at radius 2 is 2.11 bits per heavy atom. The normalized spacial score (nSPS) is 15.9. The molecule has 1 fully saturated rings. The highest BCUT2D eigenvalue weighted by molar-refractivity contribution is 6.17. The number of piperidine rings is 1. The van der Waals surface area contributed by atoms with Crippen LogP contribution < -0.4 is 0 Å². The summed E-state index contributed by atoms with van der Waals surface area (Å²) in [6, 6.07) is 0. The zero-order valence-corrected chi connectivity index (χ0v) is 11.4. The van der Waals surface area contributed by atoms with E-state index in [1.165, 1.54) is 6.42 Å². The molecule has 1 aliphatic rings. The maximum Gasteiger partial charge on any atom is 0.223 e. The van der Waals surface area contributed by atoms with E-state index in [-0.39, 0.29) is 5.91 Å². The highest BCUT2D eigenvalue weighted by Gasteiger charge is 2.16. The van der Waals surface area contributed by atoms with Crippen LogP contribution in [0.1, 0.15) is 31.5 Å². The number of aromatic nitrogens is 2. The number of rotatable bonds is 5. The number of hydrogen-bond donors (Lipinski definition) is 0. The highest BCUT2D eigenvalue weighted by atomic mass is 35.5. The summed E-state index contributed by atoms with van der Waals surface area (Å²) >= 11 is 5.73. The first kappa shape index (κ1) is 13.4. The van der Waals surface area contributed by atoms with Crippen LogP contribution in [-0.4, -0.2) is 39.3 Å². The molecule has 0 bridgehead atoms. The summed E-state index contributed by atoms with van der Waals surface area (Å²) in [5.74, 6) is 1.79. The van der Waals surface area contributed by atoms with Crippen LogP contribution in [0.5, 0.6) is 0 Å². The molecule has 1 aromatic heterocycles. The van der Waals surface area contributed by atoms with E-state index < -0.39 is 0 Å².